The molecular formula is C15H23N5O. The van der Waals surface area contributed by atoms with Crippen LogP contribution in [0.3, 0.4) is 0 Å². The number of hydrogen-bond donors (Lipinski definition) is 3. The number of aromatic amines is 1. The molecule has 0 atom stereocenters. The number of aryl methyl sites for hydroxylation is 1. The van der Waals surface area contributed by atoms with E-state index >= 15 is 0 Å². The van der Waals surface area contributed by atoms with Crippen molar-refractivity contribution in [3.8, 4) is 0 Å². The predicted octanol–water partition coefficient (Wildman–Crippen LogP) is 2.37. The highest BCUT2D eigenvalue weighted by Crippen LogP contribution is 2.26. The molecule has 0 aliphatic heterocycles. The average molecular weight is 289 g/mol. The van der Waals surface area contributed by atoms with Crippen LogP contribution in [-0.2, 0) is 11.2 Å². The number of aromatic nitrogens is 3. The molecule has 21 heavy (non-hydrogen) atoms. The molecule has 0 radical (unpaired) electrons. The lowest BCUT2D eigenvalue weighted by atomic mass is 10.1. The Morgan fingerprint density at radius 3 is 2.95 bits per heavy atom. The van der Waals surface area contributed by atoms with Crippen molar-refractivity contribution < 1.29 is 4.79 Å². The second-order valence-electron chi connectivity index (χ2n) is 5.24. The van der Waals surface area contributed by atoms with E-state index in [9.17, 15) is 4.79 Å². The zero-order valence-electron chi connectivity index (χ0n) is 12.5. The highest BCUT2D eigenvalue weighted by Gasteiger charge is 2.10. The fraction of sp³-hybridized carbons (Fsp3) is 0.533. The summed E-state index contributed by atoms with van der Waals surface area (Å²) in [5, 5.41) is 11.5. The molecule has 0 aliphatic carbocycles. The van der Waals surface area contributed by atoms with Crippen LogP contribution in [0.15, 0.2) is 12.4 Å². The maximum atomic E-state index is 10.8. The Bertz CT molecular complexity index is 593. The molecule has 0 aromatic carbocycles. The molecular weight excluding hydrogens is 266 g/mol. The number of hydrogen-bond acceptors (Lipinski definition) is 4. The van der Waals surface area contributed by atoms with Gasteiger partial charge in [0.2, 0.25) is 5.91 Å². The molecule has 2 aromatic heterocycles. The maximum Gasteiger partial charge on any atom is 0.217 e. The Morgan fingerprint density at radius 2 is 2.19 bits per heavy atom. The van der Waals surface area contributed by atoms with Gasteiger partial charge in [-0.1, -0.05) is 13.3 Å². The van der Waals surface area contributed by atoms with Gasteiger partial charge in [0, 0.05) is 19.2 Å². The van der Waals surface area contributed by atoms with Gasteiger partial charge in [-0.3, -0.25) is 9.89 Å². The van der Waals surface area contributed by atoms with Crippen molar-refractivity contribution in [2.45, 2.75) is 45.4 Å². The number of carbonyl (C=O) groups is 1. The van der Waals surface area contributed by atoms with Crippen molar-refractivity contribution in [2.24, 2.45) is 5.73 Å². The van der Waals surface area contributed by atoms with Gasteiger partial charge < -0.3 is 11.1 Å². The van der Waals surface area contributed by atoms with E-state index < -0.39 is 0 Å². The minimum atomic E-state index is -0.236. The number of fused-ring (bicyclic) bond motifs is 1. The number of nitrogens with zero attached hydrogens (tertiary/aromatic N) is 2. The summed E-state index contributed by atoms with van der Waals surface area (Å²) < 4.78 is 0. The van der Waals surface area contributed by atoms with Gasteiger partial charge in [0.05, 0.1) is 17.3 Å². The van der Waals surface area contributed by atoms with Crippen LogP contribution < -0.4 is 11.1 Å². The molecule has 4 N–H and O–H groups in total. The molecule has 0 saturated heterocycles. The SMILES string of the molecule is CCCCNc1c(CCCCC(N)=O)cnc2[nH]ncc12. The zero-order valence-corrected chi connectivity index (χ0v) is 12.5. The fourth-order valence-corrected chi connectivity index (χ4v) is 2.34. The summed E-state index contributed by atoms with van der Waals surface area (Å²) >= 11 is 0. The van der Waals surface area contributed by atoms with Gasteiger partial charge in [-0.15, -0.1) is 0 Å². The molecule has 6 heteroatoms. The average Bonchev–Trinajstić information content (AvgIpc) is 2.93. The van der Waals surface area contributed by atoms with Crippen molar-refractivity contribution in [1.29, 1.82) is 0 Å². The first-order chi connectivity index (χ1) is 10.2. The van der Waals surface area contributed by atoms with Crippen LogP contribution in [0.4, 0.5) is 5.69 Å². The predicted molar refractivity (Wildman–Crippen MR) is 84.0 cm³/mol. The molecule has 0 aliphatic rings. The molecule has 2 rings (SSSR count). The van der Waals surface area contributed by atoms with E-state index in [4.69, 9.17) is 5.73 Å². The highest BCUT2D eigenvalue weighted by molar-refractivity contribution is 5.90. The largest absolute Gasteiger partial charge is 0.384 e. The minimum Gasteiger partial charge on any atom is -0.384 e. The van der Waals surface area contributed by atoms with Crippen molar-refractivity contribution >= 4 is 22.6 Å². The topological polar surface area (TPSA) is 96.7 Å². The number of pyridine rings is 1. The third kappa shape index (κ3) is 4.18. The summed E-state index contributed by atoms with van der Waals surface area (Å²) in [7, 11) is 0. The molecule has 0 unspecified atom stereocenters. The quantitative estimate of drug-likeness (QED) is 0.617. The first-order valence-electron chi connectivity index (χ1n) is 7.55. The number of amides is 1. The van der Waals surface area contributed by atoms with Crippen LogP contribution in [-0.4, -0.2) is 27.6 Å². The van der Waals surface area contributed by atoms with Gasteiger partial charge >= 0.3 is 0 Å². The lowest BCUT2D eigenvalue weighted by Gasteiger charge is -2.12. The van der Waals surface area contributed by atoms with E-state index in [1.54, 1.807) is 0 Å². The molecule has 0 fully saturated rings. The summed E-state index contributed by atoms with van der Waals surface area (Å²) in [6.07, 6.45) is 9.05. The Morgan fingerprint density at radius 1 is 1.33 bits per heavy atom. The monoisotopic (exact) mass is 289 g/mol. The van der Waals surface area contributed by atoms with E-state index in [1.807, 2.05) is 12.4 Å². The van der Waals surface area contributed by atoms with Crippen LogP contribution in [0.25, 0.3) is 11.0 Å². The second kappa shape index (κ2) is 7.61. The van der Waals surface area contributed by atoms with E-state index in [0.29, 0.717) is 6.42 Å². The van der Waals surface area contributed by atoms with Crippen molar-refractivity contribution in [1.82, 2.24) is 15.2 Å². The minimum absolute atomic E-state index is 0.236. The Labute approximate surface area is 124 Å². The van der Waals surface area contributed by atoms with E-state index in [1.165, 1.54) is 5.56 Å². The summed E-state index contributed by atoms with van der Waals surface area (Å²) in [6.45, 7) is 3.11. The van der Waals surface area contributed by atoms with Gasteiger partial charge in [-0.25, -0.2) is 4.98 Å². The number of anilines is 1. The number of rotatable bonds is 9. The normalized spacial score (nSPS) is 10.9. The lowest BCUT2D eigenvalue weighted by Crippen LogP contribution is -2.10. The third-order valence-electron chi connectivity index (χ3n) is 3.51. The Kier molecular flexibility index (Phi) is 5.54. The lowest BCUT2D eigenvalue weighted by molar-refractivity contribution is -0.118. The molecule has 0 saturated carbocycles. The van der Waals surface area contributed by atoms with Crippen LogP contribution in [0.2, 0.25) is 0 Å². The molecule has 114 valence electrons. The van der Waals surface area contributed by atoms with E-state index in [2.05, 4.69) is 27.4 Å². The number of carbonyl (C=O) groups excluding carboxylic acids is 1. The molecule has 0 bridgehead atoms. The van der Waals surface area contributed by atoms with E-state index in [0.717, 1.165) is 55.4 Å². The summed E-state index contributed by atoms with van der Waals surface area (Å²) in [6, 6.07) is 0. The van der Waals surface area contributed by atoms with Crippen molar-refractivity contribution in [3.63, 3.8) is 0 Å². The van der Waals surface area contributed by atoms with Gasteiger partial charge in [0.25, 0.3) is 0 Å². The van der Waals surface area contributed by atoms with Crippen molar-refractivity contribution in [2.75, 3.05) is 11.9 Å². The zero-order chi connectivity index (χ0) is 15.1. The first kappa shape index (κ1) is 15.3. The van der Waals surface area contributed by atoms with Crippen LogP contribution in [0.5, 0.6) is 0 Å². The Balaban J connectivity index is 2.08. The number of nitrogens with one attached hydrogen (secondary N) is 2. The Hall–Kier alpha value is -2.11. The van der Waals surface area contributed by atoms with Crippen LogP contribution in [0, 0.1) is 0 Å². The summed E-state index contributed by atoms with van der Waals surface area (Å²) in [5.41, 5.74) is 8.25. The van der Waals surface area contributed by atoms with E-state index in [-0.39, 0.29) is 5.91 Å². The number of H-pyrrole nitrogens is 1. The van der Waals surface area contributed by atoms with Gasteiger partial charge in [-0.05, 0) is 31.2 Å². The molecule has 2 aromatic rings. The fourth-order valence-electron chi connectivity index (χ4n) is 2.34. The van der Waals surface area contributed by atoms with Crippen LogP contribution >= 0.6 is 0 Å². The summed E-state index contributed by atoms with van der Waals surface area (Å²) in [4.78, 5) is 15.2. The van der Waals surface area contributed by atoms with Crippen LogP contribution in [0.1, 0.15) is 44.6 Å². The highest BCUT2D eigenvalue weighted by atomic mass is 16.1. The smallest absolute Gasteiger partial charge is 0.217 e. The maximum absolute atomic E-state index is 10.8. The number of primary amides is 1. The third-order valence-corrected chi connectivity index (χ3v) is 3.51. The number of unbranched alkanes of at least 4 members (excludes halogenated alkanes) is 2. The molecule has 1 amide bonds. The number of nitrogens with two attached hydrogens (primary N) is 1. The first-order valence-corrected chi connectivity index (χ1v) is 7.55. The summed E-state index contributed by atoms with van der Waals surface area (Å²) in [5.74, 6) is -0.236. The second-order valence-corrected chi connectivity index (χ2v) is 5.24. The van der Waals surface area contributed by atoms with Gasteiger partial charge in [-0.2, -0.15) is 5.10 Å². The van der Waals surface area contributed by atoms with Gasteiger partial charge in [0.15, 0.2) is 5.65 Å². The van der Waals surface area contributed by atoms with Gasteiger partial charge in [0.1, 0.15) is 0 Å². The molecule has 6 nitrogen and oxygen atoms in total. The molecule has 0 spiro atoms. The standard InChI is InChI=1S/C15H23N5O/c1-2-3-8-17-14-11(6-4-5-7-13(16)21)9-18-15-12(14)10-19-20-15/h9-10H,2-8H2,1H3,(H2,16,21)(H2,17,18,19,20). The molecule has 2 heterocycles. The van der Waals surface area contributed by atoms with Crippen molar-refractivity contribution in [3.05, 3.63) is 18.0 Å².